The van der Waals surface area contributed by atoms with Gasteiger partial charge in [-0.15, -0.1) is 0 Å². The minimum absolute atomic E-state index is 0.220. The molecule has 1 atom stereocenters. The summed E-state index contributed by atoms with van der Waals surface area (Å²) >= 11 is 5.97. The number of nitriles is 1. The van der Waals surface area contributed by atoms with Crippen LogP contribution in [0.25, 0.3) is 12.2 Å². The number of halogens is 1. The molecule has 1 amide bonds. The van der Waals surface area contributed by atoms with Gasteiger partial charge in [0, 0.05) is 12.1 Å². The van der Waals surface area contributed by atoms with Crippen LogP contribution >= 0.6 is 11.6 Å². The summed E-state index contributed by atoms with van der Waals surface area (Å²) in [7, 11) is 0. The van der Waals surface area contributed by atoms with Crippen LogP contribution in [0.3, 0.4) is 0 Å². The minimum Gasteiger partial charge on any atom is -0.375 e. The van der Waals surface area contributed by atoms with Crippen molar-refractivity contribution in [2.24, 2.45) is 0 Å². The van der Waals surface area contributed by atoms with Crippen molar-refractivity contribution in [2.45, 2.75) is 33.3 Å². The first-order valence-electron chi connectivity index (χ1n) is 9.88. The summed E-state index contributed by atoms with van der Waals surface area (Å²) in [6, 6.07) is 11.2. The van der Waals surface area contributed by atoms with Crippen LogP contribution in [-0.2, 0) is 11.3 Å². The molecular formula is C24H26ClN3O2. The number of rotatable bonds is 4. The van der Waals surface area contributed by atoms with Crippen molar-refractivity contribution in [1.29, 1.82) is 5.26 Å². The molecule has 1 N–H and O–H groups in total. The number of hydrogen-bond donors (Lipinski definition) is 1. The van der Waals surface area contributed by atoms with Gasteiger partial charge < -0.3 is 10.1 Å². The van der Waals surface area contributed by atoms with Gasteiger partial charge in [-0.1, -0.05) is 50.2 Å². The van der Waals surface area contributed by atoms with Crippen molar-refractivity contribution >= 4 is 29.7 Å². The Kier molecular flexibility index (Phi) is 8.79. The molecule has 6 heteroatoms. The minimum atomic E-state index is -0.350. The monoisotopic (exact) mass is 423 g/mol. The molecule has 156 valence electrons. The van der Waals surface area contributed by atoms with Crippen molar-refractivity contribution in [1.82, 2.24) is 10.3 Å². The van der Waals surface area contributed by atoms with Crippen molar-refractivity contribution in [3.05, 3.63) is 74.9 Å². The van der Waals surface area contributed by atoms with Crippen LogP contribution in [0.1, 0.15) is 48.2 Å². The van der Waals surface area contributed by atoms with E-state index >= 15 is 0 Å². The van der Waals surface area contributed by atoms with E-state index in [4.69, 9.17) is 16.3 Å². The number of carbonyl (C=O) groups is 1. The summed E-state index contributed by atoms with van der Waals surface area (Å²) in [5.74, 6) is -0.570. The molecule has 1 aliphatic heterocycles. The van der Waals surface area contributed by atoms with E-state index in [2.05, 4.69) is 22.9 Å². The lowest BCUT2D eigenvalue weighted by atomic mass is 9.92. The molecule has 2 heterocycles. The van der Waals surface area contributed by atoms with Crippen LogP contribution in [0.5, 0.6) is 0 Å². The third kappa shape index (κ3) is 5.79. The molecule has 0 saturated heterocycles. The second-order valence-electron chi connectivity index (χ2n) is 6.49. The Hall–Kier alpha value is -2.94. The average molecular weight is 424 g/mol. The van der Waals surface area contributed by atoms with E-state index in [0.29, 0.717) is 34.9 Å². The van der Waals surface area contributed by atoms with Crippen LogP contribution in [0.2, 0.25) is 5.15 Å². The molecule has 3 rings (SSSR count). The van der Waals surface area contributed by atoms with Crippen molar-refractivity contribution < 1.29 is 9.53 Å². The molecule has 0 fully saturated rings. The maximum absolute atomic E-state index is 12.5. The lowest BCUT2D eigenvalue weighted by Crippen LogP contribution is -2.30. The molecule has 5 nitrogen and oxygen atoms in total. The molecule has 1 aromatic carbocycles. The van der Waals surface area contributed by atoms with Gasteiger partial charge in [-0.3, -0.25) is 4.79 Å². The standard InChI is InChI=1S/C22H20ClN3O2.C2H6/c1-3-15-6-7-21(23)26-20(15)8-14(2)11-25-22(27)16-4-5-17-12-28-13-18(10-24)19(17)9-16;1-2/h3-9,18H,2,11-13H2,1H3,(H,25,27);1-2H3/b15-3-,20-8+;. The number of ether oxygens (including phenoxy) is 1. The second-order valence-corrected chi connectivity index (χ2v) is 6.88. The smallest absolute Gasteiger partial charge is 0.251 e. The fourth-order valence-electron chi connectivity index (χ4n) is 3.04. The third-order valence-electron chi connectivity index (χ3n) is 4.53. The number of pyridine rings is 1. The Morgan fingerprint density at radius 2 is 2.17 bits per heavy atom. The van der Waals surface area contributed by atoms with E-state index in [1.807, 2.05) is 39.0 Å². The highest BCUT2D eigenvalue weighted by Gasteiger charge is 2.21. The van der Waals surface area contributed by atoms with Gasteiger partial charge in [0.25, 0.3) is 5.91 Å². The van der Waals surface area contributed by atoms with E-state index in [-0.39, 0.29) is 18.4 Å². The summed E-state index contributed by atoms with van der Waals surface area (Å²) < 4.78 is 5.41. The first-order valence-corrected chi connectivity index (χ1v) is 10.3. The Balaban J connectivity index is 0.00000155. The largest absolute Gasteiger partial charge is 0.375 e. The average Bonchev–Trinajstić information content (AvgIpc) is 2.78. The fraction of sp³-hybridized carbons (Fsp3) is 0.292. The summed E-state index contributed by atoms with van der Waals surface area (Å²) in [6.07, 6.45) is 3.74. The SMILES string of the molecule is C=C(/C=c1/nc(Cl)cc/c1=C/C)CNC(=O)c1ccc2c(c1)C(C#N)COC2.CC. The van der Waals surface area contributed by atoms with E-state index in [9.17, 15) is 10.1 Å². The highest BCUT2D eigenvalue weighted by atomic mass is 35.5. The maximum Gasteiger partial charge on any atom is 0.251 e. The van der Waals surface area contributed by atoms with Crippen molar-refractivity contribution in [3.8, 4) is 6.07 Å². The Bertz CT molecular complexity index is 1090. The number of nitrogens with zero attached hydrogens (tertiary/aromatic N) is 2. The predicted molar refractivity (Wildman–Crippen MR) is 120 cm³/mol. The van der Waals surface area contributed by atoms with Gasteiger partial charge >= 0.3 is 0 Å². The zero-order chi connectivity index (χ0) is 22.1. The second kappa shape index (κ2) is 11.3. The van der Waals surface area contributed by atoms with Crippen LogP contribution in [-0.4, -0.2) is 24.0 Å². The highest BCUT2D eigenvalue weighted by Crippen LogP contribution is 2.27. The van der Waals surface area contributed by atoms with Crippen LogP contribution in [0.15, 0.2) is 42.5 Å². The molecule has 2 aromatic rings. The molecule has 1 unspecified atom stereocenters. The molecule has 0 bridgehead atoms. The molecular weight excluding hydrogens is 398 g/mol. The first kappa shape index (κ1) is 23.3. The van der Waals surface area contributed by atoms with E-state index in [1.165, 1.54) is 0 Å². The Morgan fingerprint density at radius 1 is 1.40 bits per heavy atom. The molecule has 1 aromatic heterocycles. The number of hydrogen-bond acceptors (Lipinski definition) is 4. The molecule has 1 aliphatic rings. The van der Waals surface area contributed by atoms with Crippen LogP contribution in [0.4, 0.5) is 0 Å². The summed E-state index contributed by atoms with van der Waals surface area (Å²) in [5.41, 5.74) is 3.02. The molecule has 0 radical (unpaired) electrons. The van der Waals surface area contributed by atoms with E-state index in [1.54, 1.807) is 24.3 Å². The third-order valence-corrected chi connectivity index (χ3v) is 4.74. The normalized spacial score (nSPS) is 16.0. The first-order chi connectivity index (χ1) is 14.5. The van der Waals surface area contributed by atoms with Crippen LogP contribution < -0.4 is 15.9 Å². The zero-order valence-electron chi connectivity index (χ0n) is 17.5. The van der Waals surface area contributed by atoms with Gasteiger partial charge in [-0.05, 0) is 53.1 Å². The summed E-state index contributed by atoms with van der Waals surface area (Å²) in [6.45, 7) is 11.0. The van der Waals surface area contributed by atoms with Gasteiger partial charge in [0.15, 0.2) is 0 Å². The molecule has 30 heavy (non-hydrogen) atoms. The molecule has 0 saturated carbocycles. The summed E-state index contributed by atoms with van der Waals surface area (Å²) in [4.78, 5) is 16.8. The summed E-state index contributed by atoms with van der Waals surface area (Å²) in [5, 5.41) is 14.2. The number of carbonyl (C=O) groups excluding carboxylic acids is 1. The predicted octanol–water partition coefficient (Wildman–Crippen LogP) is 3.47. The van der Waals surface area contributed by atoms with Crippen LogP contribution in [0, 0.1) is 11.3 Å². The topological polar surface area (TPSA) is 75.0 Å². The lowest BCUT2D eigenvalue weighted by molar-refractivity contribution is 0.0952. The molecule has 0 aliphatic carbocycles. The van der Waals surface area contributed by atoms with Gasteiger partial charge in [0.2, 0.25) is 0 Å². The number of nitrogens with one attached hydrogen (secondary N) is 1. The maximum atomic E-state index is 12.5. The van der Waals surface area contributed by atoms with Gasteiger partial charge in [-0.25, -0.2) is 4.98 Å². The quantitative estimate of drug-likeness (QED) is 0.764. The van der Waals surface area contributed by atoms with Gasteiger partial charge in [0.1, 0.15) is 5.15 Å². The highest BCUT2D eigenvalue weighted by molar-refractivity contribution is 6.29. The number of fused-ring (bicyclic) bond motifs is 1. The lowest BCUT2D eigenvalue weighted by Gasteiger charge is -2.21. The zero-order valence-corrected chi connectivity index (χ0v) is 18.3. The Morgan fingerprint density at radius 3 is 2.87 bits per heavy atom. The van der Waals surface area contributed by atoms with Crippen molar-refractivity contribution in [2.75, 3.05) is 13.2 Å². The molecule has 0 spiro atoms. The van der Waals surface area contributed by atoms with Gasteiger partial charge in [-0.2, -0.15) is 5.26 Å². The number of aromatic nitrogens is 1. The number of amides is 1. The van der Waals surface area contributed by atoms with E-state index < -0.39 is 0 Å². The van der Waals surface area contributed by atoms with E-state index in [0.717, 1.165) is 16.3 Å². The van der Waals surface area contributed by atoms with Gasteiger partial charge in [0.05, 0.1) is 30.6 Å². The number of benzene rings is 1. The fourth-order valence-corrected chi connectivity index (χ4v) is 3.19. The van der Waals surface area contributed by atoms with Crippen molar-refractivity contribution in [3.63, 3.8) is 0 Å². The Labute approximate surface area is 182 Å².